The largest absolute Gasteiger partial charge is 0.384 e. The summed E-state index contributed by atoms with van der Waals surface area (Å²) in [5.41, 5.74) is 2.17. The Morgan fingerprint density at radius 3 is 3.05 bits per heavy atom. The minimum atomic E-state index is 0.916. The molecule has 0 aliphatic carbocycles. The van der Waals surface area contributed by atoms with Gasteiger partial charge in [-0.1, -0.05) is 15.9 Å². The van der Waals surface area contributed by atoms with Gasteiger partial charge in [-0.3, -0.25) is 4.98 Å². The van der Waals surface area contributed by atoms with Crippen molar-refractivity contribution < 1.29 is 0 Å². The Kier molecular flexibility index (Phi) is 4.74. The first kappa shape index (κ1) is 14.8. The van der Waals surface area contributed by atoms with E-state index in [1.165, 1.54) is 0 Å². The van der Waals surface area contributed by atoms with Crippen molar-refractivity contribution in [2.24, 2.45) is 0 Å². The van der Waals surface area contributed by atoms with Crippen molar-refractivity contribution in [3.8, 4) is 0 Å². The maximum absolute atomic E-state index is 4.47. The first-order valence-corrected chi connectivity index (χ1v) is 8.54. The summed E-state index contributed by atoms with van der Waals surface area (Å²) in [4.78, 5) is 8.52. The first-order chi connectivity index (χ1) is 10.2. The second-order valence-corrected chi connectivity index (χ2v) is 6.80. The molecule has 2 heterocycles. The summed E-state index contributed by atoms with van der Waals surface area (Å²) in [6, 6.07) is 6.17. The van der Waals surface area contributed by atoms with Gasteiger partial charge < -0.3 is 9.88 Å². The van der Waals surface area contributed by atoms with Crippen molar-refractivity contribution in [1.82, 2.24) is 14.5 Å². The van der Waals surface area contributed by atoms with Crippen LogP contribution < -0.4 is 5.32 Å². The molecule has 1 aromatic carbocycles. The number of halogens is 2. The smallest absolute Gasteiger partial charge is 0.0945 e. The van der Waals surface area contributed by atoms with E-state index < -0.39 is 0 Å². The van der Waals surface area contributed by atoms with Crippen LogP contribution in [0, 0.1) is 3.57 Å². The molecule has 0 aliphatic rings. The van der Waals surface area contributed by atoms with Crippen LogP contribution >= 0.6 is 38.5 Å². The molecule has 0 aliphatic heterocycles. The van der Waals surface area contributed by atoms with E-state index in [9.17, 15) is 0 Å². The molecule has 1 N–H and O–H groups in total. The quantitative estimate of drug-likeness (QED) is 0.459. The molecular weight excluding hydrogens is 443 g/mol. The van der Waals surface area contributed by atoms with Crippen LogP contribution in [0.25, 0.3) is 10.9 Å². The summed E-state index contributed by atoms with van der Waals surface area (Å²) < 4.78 is 4.30. The number of nitrogens with zero attached hydrogens (tertiary/aromatic N) is 3. The van der Waals surface area contributed by atoms with E-state index in [2.05, 4.69) is 64.4 Å². The van der Waals surface area contributed by atoms with Crippen molar-refractivity contribution in [2.75, 3.05) is 11.9 Å². The van der Waals surface area contributed by atoms with Crippen LogP contribution in [0.2, 0.25) is 0 Å². The zero-order valence-corrected chi connectivity index (χ0v) is 15.0. The van der Waals surface area contributed by atoms with Crippen LogP contribution in [0.3, 0.4) is 0 Å². The van der Waals surface area contributed by atoms with Crippen molar-refractivity contribution in [1.29, 1.82) is 0 Å². The van der Waals surface area contributed by atoms with Gasteiger partial charge in [-0.05, 0) is 47.2 Å². The van der Waals surface area contributed by atoms with E-state index in [0.29, 0.717) is 0 Å². The van der Waals surface area contributed by atoms with Crippen LogP contribution in [0.1, 0.15) is 6.42 Å². The third-order valence-corrected chi connectivity index (χ3v) is 4.55. The van der Waals surface area contributed by atoms with Crippen LogP contribution in [-0.2, 0) is 6.54 Å². The molecule has 0 fully saturated rings. The number of hydrogen-bond donors (Lipinski definition) is 1. The lowest BCUT2D eigenvalue weighted by Crippen LogP contribution is -2.07. The molecule has 4 nitrogen and oxygen atoms in total. The average molecular weight is 457 g/mol. The molecule has 0 unspecified atom stereocenters. The van der Waals surface area contributed by atoms with E-state index in [4.69, 9.17) is 0 Å². The zero-order valence-electron chi connectivity index (χ0n) is 11.3. The van der Waals surface area contributed by atoms with Gasteiger partial charge >= 0.3 is 0 Å². The number of rotatable bonds is 5. The normalized spacial score (nSPS) is 11.0. The van der Waals surface area contributed by atoms with Crippen molar-refractivity contribution in [3.05, 3.63) is 51.2 Å². The predicted octanol–water partition coefficient (Wildman–Crippen LogP) is 4.30. The van der Waals surface area contributed by atoms with Gasteiger partial charge in [0.1, 0.15) is 0 Å². The fraction of sp³-hybridized carbons (Fsp3) is 0.200. The summed E-state index contributed by atoms with van der Waals surface area (Å²) in [7, 11) is 0. The summed E-state index contributed by atoms with van der Waals surface area (Å²) >= 11 is 5.86. The number of fused-ring (bicyclic) bond motifs is 1. The summed E-state index contributed by atoms with van der Waals surface area (Å²) in [6.45, 7) is 1.89. The van der Waals surface area contributed by atoms with Crippen molar-refractivity contribution in [3.63, 3.8) is 0 Å². The molecule has 0 bridgehead atoms. The second kappa shape index (κ2) is 6.74. The highest BCUT2D eigenvalue weighted by Gasteiger charge is 2.07. The first-order valence-electron chi connectivity index (χ1n) is 6.67. The number of imidazole rings is 1. The van der Waals surface area contributed by atoms with Crippen molar-refractivity contribution >= 4 is 55.1 Å². The summed E-state index contributed by atoms with van der Waals surface area (Å²) in [6.07, 6.45) is 8.61. The van der Waals surface area contributed by atoms with Gasteiger partial charge in [-0.25, -0.2) is 4.98 Å². The Morgan fingerprint density at radius 2 is 2.24 bits per heavy atom. The number of aromatic nitrogens is 3. The van der Waals surface area contributed by atoms with Gasteiger partial charge in [0.25, 0.3) is 0 Å². The molecule has 3 aromatic rings. The molecule has 3 rings (SSSR count). The highest BCUT2D eigenvalue weighted by molar-refractivity contribution is 14.1. The van der Waals surface area contributed by atoms with E-state index in [1.807, 2.05) is 37.1 Å². The minimum Gasteiger partial charge on any atom is -0.384 e. The van der Waals surface area contributed by atoms with Crippen LogP contribution in [0.4, 0.5) is 5.69 Å². The summed E-state index contributed by atoms with van der Waals surface area (Å²) in [5, 5.41) is 4.70. The Morgan fingerprint density at radius 1 is 1.33 bits per heavy atom. The molecule has 0 spiro atoms. The molecule has 0 amide bonds. The van der Waals surface area contributed by atoms with Gasteiger partial charge in [0.15, 0.2) is 0 Å². The molecule has 21 heavy (non-hydrogen) atoms. The third-order valence-electron chi connectivity index (χ3n) is 3.24. The van der Waals surface area contributed by atoms with E-state index in [0.717, 1.165) is 44.1 Å². The van der Waals surface area contributed by atoms with Gasteiger partial charge in [0.2, 0.25) is 0 Å². The maximum atomic E-state index is 4.47. The monoisotopic (exact) mass is 456 g/mol. The number of nitrogens with one attached hydrogen (secondary N) is 1. The average Bonchev–Trinajstić information content (AvgIpc) is 2.98. The maximum Gasteiger partial charge on any atom is 0.0945 e. The highest BCUT2D eigenvalue weighted by Crippen LogP contribution is 2.29. The standard InChI is InChI=1S/C15H14BrIN4/c16-11-2-3-14-12(8-11)15(13(17)9-20-14)19-4-1-6-21-7-5-18-10-21/h2-3,5,7-10H,1,4,6H2,(H,19,20). The Bertz CT molecular complexity index is 738. The second-order valence-electron chi connectivity index (χ2n) is 4.72. The minimum absolute atomic E-state index is 0.916. The fourth-order valence-electron chi connectivity index (χ4n) is 2.21. The van der Waals surface area contributed by atoms with Gasteiger partial charge in [-0.15, -0.1) is 0 Å². The molecule has 0 saturated carbocycles. The Hall–Kier alpha value is -1.15. The summed E-state index contributed by atoms with van der Waals surface area (Å²) in [5.74, 6) is 0. The van der Waals surface area contributed by atoms with E-state index in [1.54, 1.807) is 0 Å². The van der Waals surface area contributed by atoms with Crippen LogP contribution in [0.5, 0.6) is 0 Å². The number of anilines is 1. The van der Waals surface area contributed by atoms with Crippen molar-refractivity contribution in [2.45, 2.75) is 13.0 Å². The lowest BCUT2D eigenvalue weighted by molar-refractivity contribution is 0.661. The Labute approximate surface area is 145 Å². The predicted molar refractivity (Wildman–Crippen MR) is 97.5 cm³/mol. The number of benzene rings is 1. The SMILES string of the molecule is Brc1ccc2ncc(I)c(NCCCn3ccnc3)c2c1. The molecule has 0 saturated heterocycles. The van der Waals surface area contributed by atoms with E-state index in [-0.39, 0.29) is 0 Å². The Balaban J connectivity index is 1.73. The van der Waals surface area contributed by atoms with Gasteiger partial charge in [-0.2, -0.15) is 0 Å². The molecule has 6 heteroatoms. The lowest BCUT2D eigenvalue weighted by atomic mass is 10.2. The molecule has 0 atom stereocenters. The number of aryl methyl sites for hydroxylation is 1. The van der Waals surface area contributed by atoms with Gasteiger partial charge in [0.05, 0.1) is 21.1 Å². The molecule has 0 radical (unpaired) electrons. The van der Waals surface area contributed by atoms with Crippen LogP contribution in [0.15, 0.2) is 47.6 Å². The van der Waals surface area contributed by atoms with E-state index >= 15 is 0 Å². The fourth-order valence-corrected chi connectivity index (χ4v) is 3.20. The molecule has 2 aromatic heterocycles. The third kappa shape index (κ3) is 3.55. The molecule has 108 valence electrons. The topological polar surface area (TPSA) is 42.7 Å². The lowest BCUT2D eigenvalue weighted by Gasteiger charge is -2.12. The highest BCUT2D eigenvalue weighted by atomic mass is 127. The zero-order chi connectivity index (χ0) is 14.7. The van der Waals surface area contributed by atoms with Gasteiger partial charge in [0, 0.05) is 41.5 Å². The van der Waals surface area contributed by atoms with Crippen LogP contribution in [-0.4, -0.2) is 21.1 Å². The molecular formula is C15H14BrIN4. The number of hydrogen-bond acceptors (Lipinski definition) is 3. The number of pyridine rings is 1.